The van der Waals surface area contributed by atoms with Crippen LogP contribution in [0.15, 0.2) is 18.2 Å². The van der Waals surface area contributed by atoms with Crippen molar-refractivity contribution in [2.75, 3.05) is 7.11 Å². The molecule has 2 atom stereocenters. The molecule has 0 radical (unpaired) electrons. The molecule has 0 bridgehead atoms. The quantitative estimate of drug-likeness (QED) is 0.848. The lowest BCUT2D eigenvalue weighted by Crippen LogP contribution is -2.21. The van der Waals surface area contributed by atoms with Crippen LogP contribution in [0.1, 0.15) is 43.2 Å². The monoisotopic (exact) mass is 219 g/mol. The summed E-state index contributed by atoms with van der Waals surface area (Å²) in [5.74, 6) is 1.62. The normalized spacial score (nSPS) is 21.3. The summed E-state index contributed by atoms with van der Waals surface area (Å²) in [5.41, 5.74) is 8.86. The van der Waals surface area contributed by atoms with Crippen molar-refractivity contribution in [3.8, 4) is 5.75 Å². The number of rotatable bonds is 3. The number of hydrogen-bond donors (Lipinski definition) is 1. The molecule has 0 amide bonds. The van der Waals surface area contributed by atoms with Crippen molar-refractivity contribution in [3.63, 3.8) is 0 Å². The molecule has 88 valence electrons. The van der Waals surface area contributed by atoms with Gasteiger partial charge in [-0.25, -0.2) is 0 Å². The standard InChI is InChI=1S/C14H21NO/c1-10(15)8-11-4-3-5-12-9-13(16-2)6-7-14(11)12/h6-7,9-11H,3-5,8,15H2,1-2H3. The molecule has 0 saturated heterocycles. The summed E-state index contributed by atoms with van der Waals surface area (Å²) in [5, 5.41) is 0. The van der Waals surface area contributed by atoms with E-state index in [1.54, 1.807) is 7.11 Å². The Kier molecular flexibility index (Phi) is 3.49. The van der Waals surface area contributed by atoms with E-state index in [2.05, 4.69) is 25.1 Å². The number of methoxy groups -OCH3 is 1. The Morgan fingerprint density at radius 3 is 3.00 bits per heavy atom. The zero-order valence-electron chi connectivity index (χ0n) is 10.2. The summed E-state index contributed by atoms with van der Waals surface area (Å²) in [7, 11) is 1.73. The molecular formula is C14H21NO. The lowest BCUT2D eigenvalue weighted by atomic mass is 9.80. The highest BCUT2D eigenvalue weighted by atomic mass is 16.5. The van der Waals surface area contributed by atoms with Crippen molar-refractivity contribution in [2.45, 2.75) is 44.6 Å². The summed E-state index contributed by atoms with van der Waals surface area (Å²) in [6.07, 6.45) is 4.83. The average Bonchev–Trinajstić information content (AvgIpc) is 2.28. The Bertz CT molecular complexity index is 360. The van der Waals surface area contributed by atoms with E-state index in [1.807, 2.05) is 0 Å². The molecule has 0 heterocycles. The maximum absolute atomic E-state index is 5.91. The number of nitrogens with two attached hydrogens (primary N) is 1. The molecule has 0 fully saturated rings. The Hall–Kier alpha value is -1.02. The van der Waals surface area contributed by atoms with Gasteiger partial charge in [0.2, 0.25) is 0 Å². The van der Waals surface area contributed by atoms with Crippen LogP contribution in [0.4, 0.5) is 0 Å². The van der Waals surface area contributed by atoms with Crippen LogP contribution in [0, 0.1) is 0 Å². The summed E-state index contributed by atoms with van der Waals surface area (Å²) in [6.45, 7) is 2.10. The van der Waals surface area contributed by atoms with Gasteiger partial charge in [-0.1, -0.05) is 6.07 Å². The van der Waals surface area contributed by atoms with Gasteiger partial charge in [-0.05, 0) is 61.8 Å². The number of benzene rings is 1. The molecule has 0 spiro atoms. The molecule has 2 unspecified atom stereocenters. The van der Waals surface area contributed by atoms with Gasteiger partial charge in [0, 0.05) is 6.04 Å². The number of fused-ring (bicyclic) bond motifs is 1. The molecule has 1 aliphatic rings. The highest BCUT2D eigenvalue weighted by Gasteiger charge is 2.21. The predicted octanol–water partition coefficient (Wildman–Crippen LogP) is 2.85. The minimum Gasteiger partial charge on any atom is -0.497 e. The SMILES string of the molecule is COc1ccc2c(c1)CCCC2CC(C)N. The summed E-state index contributed by atoms with van der Waals surface area (Å²) < 4.78 is 5.27. The van der Waals surface area contributed by atoms with Gasteiger partial charge in [0.15, 0.2) is 0 Å². The van der Waals surface area contributed by atoms with Crippen molar-refractivity contribution in [3.05, 3.63) is 29.3 Å². The van der Waals surface area contributed by atoms with Crippen LogP contribution in [-0.4, -0.2) is 13.2 Å². The van der Waals surface area contributed by atoms with E-state index in [1.165, 1.54) is 30.4 Å². The van der Waals surface area contributed by atoms with Gasteiger partial charge in [0.05, 0.1) is 7.11 Å². The van der Waals surface area contributed by atoms with Crippen LogP contribution in [-0.2, 0) is 6.42 Å². The van der Waals surface area contributed by atoms with E-state index >= 15 is 0 Å². The van der Waals surface area contributed by atoms with Crippen LogP contribution in [0.5, 0.6) is 5.75 Å². The molecular weight excluding hydrogens is 198 g/mol. The molecule has 1 aromatic rings. The van der Waals surface area contributed by atoms with Crippen molar-refractivity contribution in [1.29, 1.82) is 0 Å². The van der Waals surface area contributed by atoms with Gasteiger partial charge in [-0.3, -0.25) is 0 Å². The van der Waals surface area contributed by atoms with Gasteiger partial charge in [0.1, 0.15) is 5.75 Å². The highest BCUT2D eigenvalue weighted by Crippen LogP contribution is 2.36. The minimum absolute atomic E-state index is 0.290. The van der Waals surface area contributed by atoms with Crippen LogP contribution < -0.4 is 10.5 Å². The molecule has 2 N–H and O–H groups in total. The first kappa shape index (κ1) is 11.5. The first-order chi connectivity index (χ1) is 7.70. The first-order valence-electron chi connectivity index (χ1n) is 6.13. The molecule has 2 heteroatoms. The molecule has 2 rings (SSSR count). The van der Waals surface area contributed by atoms with Crippen molar-refractivity contribution in [1.82, 2.24) is 0 Å². The molecule has 0 aliphatic heterocycles. The zero-order chi connectivity index (χ0) is 11.5. The fraction of sp³-hybridized carbons (Fsp3) is 0.571. The summed E-state index contributed by atoms with van der Waals surface area (Å²) in [4.78, 5) is 0. The van der Waals surface area contributed by atoms with Gasteiger partial charge >= 0.3 is 0 Å². The van der Waals surface area contributed by atoms with E-state index in [9.17, 15) is 0 Å². The largest absolute Gasteiger partial charge is 0.497 e. The number of hydrogen-bond acceptors (Lipinski definition) is 2. The number of ether oxygens (including phenoxy) is 1. The molecule has 16 heavy (non-hydrogen) atoms. The third-order valence-corrected chi connectivity index (χ3v) is 3.44. The second-order valence-electron chi connectivity index (χ2n) is 4.87. The van der Waals surface area contributed by atoms with Crippen molar-refractivity contribution in [2.24, 2.45) is 5.73 Å². The van der Waals surface area contributed by atoms with Crippen LogP contribution >= 0.6 is 0 Å². The van der Waals surface area contributed by atoms with E-state index in [-0.39, 0.29) is 6.04 Å². The maximum Gasteiger partial charge on any atom is 0.119 e. The minimum atomic E-state index is 0.290. The molecule has 2 nitrogen and oxygen atoms in total. The maximum atomic E-state index is 5.91. The summed E-state index contributed by atoms with van der Waals surface area (Å²) >= 11 is 0. The smallest absolute Gasteiger partial charge is 0.119 e. The fourth-order valence-corrected chi connectivity index (χ4v) is 2.71. The Labute approximate surface area is 97.8 Å². The Morgan fingerprint density at radius 2 is 2.31 bits per heavy atom. The van der Waals surface area contributed by atoms with E-state index in [0.717, 1.165) is 12.2 Å². The van der Waals surface area contributed by atoms with Gasteiger partial charge < -0.3 is 10.5 Å². The number of aryl methyl sites for hydroxylation is 1. The lowest BCUT2D eigenvalue weighted by Gasteiger charge is -2.27. The van der Waals surface area contributed by atoms with E-state index in [0.29, 0.717) is 5.92 Å². The van der Waals surface area contributed by atoms with Crippen molar-refractivity contribution >= 4 is 0 Å². The molecule has 1 aliphatic carbocycles. The first-order valence-corrected chi connectivity index (χ1v) is 6.13. The van der Waals surface area contributed by atoms with Crippen molar-refractivity contribution < 1.29 is 4.74 Å². The van der Waals surface area contributed by atoms with Crippen LogP contribution in [0.25, 0.3) is 0 Å². The van der Waals surface area contributed by atoms with E-state index in [4.69, 9.17) is 10.5 Å². The third kappa shape index (κ3) is 2.38. The second-order valence-corrected chi connectivity index (χ2v) is 4.87. The Morgan fingerprint density at radius 1 is 1.50 bits per heavy atom. The topological polar surface area (TPSA) is 35.2 Å². The molecule has 1 aromatic carbocycles. The van der Waals surface area contributed by atoms with Crippen LogP contribution in [0.3, 0.4) is 0 Å². The zero-order valence-corrected chi connectivity index (χ0v) is 10.2. The molecule has 0 aromatic heterocycles. The average molecular weight is 219 g/mol. The molecule has 0 saturated carbocycles. The second kappa shape index (κ2) is 4.88. The van der Waals surface area contributed by atoms with Gasteiger partial charge in [0.25, 0.3) is 0 Å². The van der Waals surface area contributed by atoms with Gasteiger partial charge in [-0.15, -0.1) is 0 Å². The fourth-order valence-electron chi connectivity index (χ4n) is 2.71. The summed E-state index contributed by atoms with van der Waals surface area (Å²) in [6, 6.07) is 6.76. The predicted molar refractivity (Wildman–Crippen MR) is 66.9 cm³/mol. The van der Waals surface area contributed by atoms with E-state index < -0.39 is 0 Å². The van der Waals surface area contributed by atoms with Crippen LogP contribution in [0.2, 0.25) is 0 Å². The Balaban J connectivity index is 2.25. The third-order valence-electron chi connectivity index (χ3n) is 3.44. The van der Waals surface area contributed by atoms with Gasteiger partial charge in [-0.2, -0.15) is 0 Å². The lowest BCUT2D eigenvalue weighted by molar-refractivity contribution is 0.412. The highest BCUT2D eigenvalue weighted by molar-refractivity contribution is 5.39.